The van der Waals surface area contributed by atoms with Gasteiger partial charge in [-0.05, 0) is 18.2 Å². The van der Waals surface area contributed by atoms with Gasteiger partial charge in [0.1, 0.15) is 5.75 Å². The second kappa shape index (κ2) is 9.56. The van der Waals surface area contributed by atoms with E-state index in [-0.39, 0.29) is 20.8 Å². The van der Waals surface area contributed by atoms with Crippen molar-refractivity contribution in [2.24, 2.45) is 0 Å². The Bertz CT molecular complexity index is 923. The molecular formula is C18H14Cl3F3N2O3. The van der Waals surface area contributed by atoms with E-state index in [0.29, 0.717) is 0 Å². The second-order valence-electron chi connectivity index (χ2n) is 5.83. The number of ether oxygens (including phenoxy) is 1. The van der Waals surface area contributed by atoms with Gasteiger partial charge in [-0.1, -0.05) is 46.9 Å². The van der Waals surface area contributed by atoms with E-state index in [2.05, 4.69) is 5.32 Å². The number of rotatable bonds is 6. The molecule has 156 valence electrons. The number of hydrogen-bond acceptors (Lipinski definition) is 3. The first-order valence-corrected chi connectivity index (χ1v) is 9.10. The summed E-state index contributed by atoms with van der Waals surface area (Å²) in [5, 5.41) is 2.68. The summed E-state index contributed by atoms with van der Waals surface area (Å²) in [7, 11) is 1.30. The third kappa shape index (κ3) is 6.42. The van der Waals surface area contributed by atoms with E-state index in [1.807, 2.05) is 0 Å². The van der Waals surface area contributed by atoms with Crippen molar-refractivity contribution in [3.63, 3.8) is 0 Å². The molecule has 0 aliphatic heterocycles. The predicted octanol–water partition coefficient (Wildman–Crippen LogP) is 5.14. The first-order valence-electron chi connectivity index (χ1n) is 7.96. The Morgan fingerprint density at radius 2 is 1.69 bits per heavy atom. The van der Waals surface area contributed by atoms with Crippen molar-refractivity contribution in [1.82, 2.24) is 4.90 Å². The van der Waals surface area contributed by atoms with Crippen LogP contribution >= 0.6 is 34.8 Å². The quantitative estimate of drug-likeness (QED) is 0.596. The zero-order valence-electron chi connectivity index (χ0n) is 14.8. The van der Waals surface area contributed by atoms with Crippen LogP contribution < -0.4 is 10.1 Å². The van der Waals surface area contributed by atoms with Crippen LogP contribution in [0.5, 0.6) is 5.75 Å². The highest BCUT2D eigenvalue weighted by Crippen LogP contribution is 2.35. The molecule has 0 aliphatic carbocycles. The largest absolute Gasteiger partial charge is 0.482 e. The molecule has 0 atom stereocenters. The summed E-state index contributed by atoms with van der Waals surface area (Å²) in [6.07, 6.45) is -4.63. The van der Waals surface area contributed by atoms with Crippen LogP contribution in [0.15, 0.2) is 36.4 Å². The molecule has 0 unspecified atom stereocenters. The maximum Gasteiger partial charge on any atom is 0.418 e. The molecule has 2 aromatic rings. The topological polar surface area (TPSA) is 58.6 Å². The molecule has 2 rings (SSSR count). The number of anilines is 1. The van der Waals surface area contributed by atoms with Gasteiger partial charge < -0.3 is 15.0 Å². The molecule has 1 N–H and O–H groups in total. The van der Waals surface area contributed by atoms with Crippen molar-refractivity contribution in [2.75, 3.05) is 25.5 Å². The van der Waals surface area contributed by atoms with Crippen molar-refractivity contribution in [2.45, 2.75) is 6.18 Å². The lowest BCUT2D eigenvalue weighted by atomic mass is 10.1. The Balaban J connectivity index is 1.95. The SMILES string of the molecule is CN(CC(=O)Nc1ccccc1C(F)(F)F)C(=O)COc1cc(Cl)c(Cl)cc1Cl. The van der Waals surface area contributed by atoms with Crippen molar-refractivity contribution in [3.8, 4) is 5.75 Å². The van der Waals surface area contributed by atoms with Crippen LogP contribution in [-0.2, 0) is 15.8 Å². The number of likely N-dealkylation sites (N-methyl/N-ethyl adjacent to an activating group) is 1. The zero-order chi connectivity index (χ0) is 21.8. The maximum atomic E-state index is 13.0. The first kappa shape index (κ1) is 23.1. The first-order chi connectivity index (χ1) is 13.5. The fourth-order valence-corrected chi connectivity index (χ4v) is 2.79. The average Bonchev–Trinajstić information content (AvgIpc) is 2.62. The summed E-state index contributed by atoms with van der Waals surface area (Å²) >= 11 is 17.6. The van der Waals surface area contributed by atoms with Crippen molar-refractivity contribution >= 4 is 52.3 Å². The molecule has 0 saturated heterocycles. The lowest BCUT2D eigenvalue weighted by Crippen LogP contribution is -2.37. The number of alkyl halides is 3. The summed E-state index contributed by atoms with van der Waals surface area (Å²) < 4.78 is 44.2. The van der Waals surface area contributed by atoms with Crippen LogP contribution in [0.4, 0.5) is 18.9 Å². The normalized spacial score (nSPS) is 11.1. The minimum absolute atomic E-state index is 0.117. The van der Waals surface area contributed by atoms with E-state index in [1.54, 1.807) is 0 Å². The fraction of sp³-hybridized carbons (Fsp3) is 0.222. The summed E-state index contributed by atoms with van der Waals surface area (Å²) in [5.41, 5.74) is -1.38. The lowest BCUT2D eigenvalue weighted by molar-refractivity contribution is -0.137. The third-order valence-electron chi connectivity index (χ3n) is 3.64. The van der Waals surface area contributed by atoms with Crippen molar-refractivity contribution in [1.29, 1.82) is 0 Å². The zero-order valence-corrected chi connectivity index (χ0v) is 17.1. The van der Waals surface area contributed by atoms with E-state index in [4.69, 9.17) is 39.5 Å². The molecule has 29 heavy (non-hydrogen) atoms. The second-order valence-corrected chi connectivity index (χ2v) is 7.05. The summed E-state index contributed by atoms with van der Waals surface area (Å²) in [4.78, 5) is 25.2. The van der Waals surface area contributed by atoms with Crippen molar-refractivity contribution in [3.05, 3.63) is 57.0 Å². The molecule has 2 amide bonds. The Morgan fingerprint density at radius 1 is 1.07 bits per heavy atom. The molecule has 5 nitrogen and oxygen atoms in total. The van der Waals surface area contributed by atoms with E-state index in [0.717, 1.165) is 17.0 Å². The van der Waals surface area contributed by atoms with Gasteiger partial charge >= 0.3 is 6.18 Å². The summed E-state index contributed by atoms with van der Waals surface area (Å²) in [6.45, 7) is -0.954. The fourth-order valence-electron chi connectivity index (χ4n) is 2.20. The van der Waals surface area contributed by atoms with Crippen LogP contribution in [0.1, 0.15) is 5.56 Å². The molecule has 0 spiro atoms. The van der Waals surface area contributed by atoms with Gasteiger partial charge in [-0.15, -0.1) is 0 Å². The number of halogens is 6. The van der Waals surface area contributed by atoms with E-state index >= 15 is 0 Å². The number of nitrogens with zero attached hydrogens (tertiary/aromatic N) is 1. The molecular weight excluding hydrogens is 456 g/mol. The molecule has 2 aromatic carbocycles. The van der Waals surface area contributed by atoms with E-state index in [9.17, 15) is 22.8 Å². The summed E-state index contributed by atoms with van der Waals surface area (Å²) in [5.74, 6) is -1.29. The number of para-hydroxylation sites is 1. The van der Waals surface area contributed by atoms with Gasteiger partial charge in [0.05, 0.1) is 32.9 Å². The Kier molecular flexibility index (Phi) is 7.62. The van der Waals surface area contributed by atoms with E-state index in [1.165, 1.54) is 31.3 Å². The maximum absolute atomic E-state index is 13.0. The van der Waals surface area contributed by atoms with Gasteiger partial charge in [-0.25, -0.2) is 0 Å². The highest BCUT2D eigenvalue weighted by Gasteiger charge is 2.33. The summed E-state index contributed by atoms with van der Waals surface area (Å²) in [6, 6.07) is 7.21. The highest BCUT2D eigenvalue weighted by molar-refractivity contribution is 6.43. The smallest absolute Gasteiger partial charge is 0.418 e. The molecule has 0 aliphatic rings. The number of amides is 2. The average molecular weight is 470 g/mol. The standard InChI is InChI=1S/C18H14Cl3F3N2O3/c1-26(17(28)9-29-15-7-12(20)11(19)6-13(15)21)8-16(27)25-14-5-3-2-4-10(14)18(22,23)24/h2-7H,8-9H2,1H3,(H,25,27). The van der Waals surface area contributed by atoms with Gasteiger partial charge in [-0.2, -0.15) is 13.2 Å². The molecule has 0 saturated carbocycles. The number of hydrogen-bond donors (Lipinski definition) is 1. The number of carbonyl (C=O) groups is 2. The number of benzene rings is 2. The van der Waals surface area contributed by atoms with Gasteiger partial charge in [0, 0.05) is 13.1 Å². The molecule has 0 aromatic heterocycles. The monoisotopic (exact) mass is 468 g/mol. The molecule has 0 fully saturated rings. The van der Waals surface area contributed by atoms with Crippen LogP contribution in [0.3, 0.4) is 0 Å². The number of carbonyl (C=O) groups excluding carboxylic acids is 2. The Hall–Kier alpha value is -2.16. The number of nitrogens with one attached hydrogen (secondary N) is 1. The van der Waals surface area contributed by atoms with Gasteiger partial charge in [0.25, 0.3) is 5.91 Å². The molecule has 0 radical (unpaired) electrons. The Morgan fingerprint density at radius 3 is 2.34 bits per heavy atom. The van der Waals surface area contributed by atoms with E-state index < -0.39 is 42.4 Å². The van der Waals surface area contributed by atoms with Crippen molar-refractivity contribution < 1.29 is 27.5 Å². The van der Waals surface area contributed by atoms with Crippen LogP contribution in [0, 0.1) is 0 Å². The third-order valence-corrected chi connectivity index (χ3v) is 4.66. The molecule has 11 heteroatoms. The predicted molar refractivity (Wildman–Crippen MR) is 105 cm³/mol. The lowest BCUT2D eigenvalue weighted by Gasteiger charge is -2.19. The minimum atomic E-state index is -4.63. The van der Waals surface area contributed by atoms with Crippen LogP contribution in [0.25, 0.3) is 0 Å². The Labute approximate surface area is 179 Å². The van der Waals surface area contributed by atoms with Gasteiger partial charge in [0.2, 0.25) is 5.91 Å². The van der Waals surface area contributed by atoms with Crippen LogP contribution in [-0.4, -0.2) is 36.9 Å². The van der Waals surface area contributed by atoms with Gasteiger partial charge in [-0.3, -0.25) is 9.59 Å². The molecule has 0 heterocycles. The molecule has 0 bridgehead atoms. The highest BCUT2D eigenvalue weighted by atomic mass is 35.5. The minimum Gasteiger partial charge on any atom is -0.482 e. The van der Waals surface area contributed by atoms with Crippen LogP contribution in [0.2, 0.25) is 15.1 Å². The van der Waals surface area contributed by atoms with Gasteiger partial charge in [0.15, 0.2) is 6.61 Å².